The van der Waals surface area contributed by atoms with Crippen LogP contribution in [0.5, 0.6) is 0 Å². The Morgan fingerprint density at radius 2 is 0.960 bits per heavy atom. The van der Waals surface area contributed by atoms with E-state index in [1.165, 1.54) is 0 Å². The summed E-state index contributed by atoms with van der Waals surface area (Å²) in [5, 5.41) is 3.94. The van der Waals surface area contributed by atoms with E-state index in [-0.39, 0.29) is 0 Å². The van der Waals surface area contributed by atoms with Gasteiger partial charge in [0.2, 0.25) is 5.89 Å². The Kier molecular flexibility index (Phi) is 6.39. The smallest absolute Gasteiger partial charge is 0.227 e. The van der Waals surface area contributed by atoms with E-state index in [0.717, 1.165) is 71.6 Å². The van der Waals surface area contributed by atoms with Crippen LogP contribution in [0, 0.1) is 0 Å². The predicted molar refractivity (Wildman–Crippen MR) is 199 cm³/mol. The molecule has 0 aliphatic heterocycles. The van der Waals surface area contributed by atoms with Crippen molar-refractivity contribution >= 4 is 43.8 Å². The summed E-state index contributed by atoms with van der Waals surface area (Å²) >= 11 is 0. The van der Waals surface area contributed by atoms with E-state index < -0.39 is 0 Å². The fraction of sp³-hybridized carbons (Fsp3) is 0. The Hall–Kier alpha value is -6.92. The number of benzene rings is 7. The van der Waals surface area contributed by atoms with Crippen LogP contribution in [0.2, 0.25) is 0 Å². The maximum atomic E-state index is 6.47. The van der Waals surface area contributed by atoms with Crippen LogP contribution in [0.15, 0.2) is 167 Å². The number of furan rings is 1. The normalized spacial score (nSPS) is 11.6. The highest BCUT2D eigenvalue weighted by Gasteiger charge is 2.20. The molecular formula is C44H26N4O2. The maximum absolute atomic E-state index is 6.47. The summed E-state index contributed by atoms with van der Waals surface area (Å²) in [4.78, 5) is 20.1. The van der Waals surface area contributed by atoms with E-state index >= 15 is 0 Å². The van der Waals surface area contributed by atoms with Crippen LogP contribution in [0.3, 0.4) is 0 Å². The van der Waals surface area contributed by atoms with Crippen LogP contribution in [0.4, 0.5) is 0 Å². The molecule has 0 spiro atoms. The highest BCUT2D eigenvalue weighted by Crippen LogP contribution is 2.41. The molecule has 3 aromatic heterocycles. The average molecular weight is 643 g/mol. The summed E-state index contributed by atoms with van der Waals surface area (Å²) in [6.07, 6.45) is 0. The van der Waals surface area contributed by atoms with Gasteiger partial charge in [0, 0.05) is 27.6 Å². The molecule has 10 rings (SSSR count). The maximum Gasteiger partial charge on any atom is 0.227 e. The van der Waals surface area contributed by atoms with Crippen molar-refractivity contribution in [2.75, 3.05) is 0 Å². The molecule has 0 aliphatic rings. The SMILES string of the molecule is c1ccc(-c2nc(-c3ccc4ccc5oc6ccc7nc(-c8ccccc8)oc7c6c5c4c3)nc(-c3ccccc3-c3ccccc3)n2)cc1. The van der Waals surface area contributed by atoms with Crippen molar-refractivity contribution < 1.29 is 8.83 Å². The molecule has 0 radical (unpaired) electrons. The van der Waals surface area contributed by atoms with Gasteiger partial charge in [-0.3, -0.25) is 0 Å². The van der Waals surface area contributed by atoms with Gasteiger partial charge in [-0.2, -0.15) is 0 Å². The molecule has 0 aliphatic carbocycles. The van der Waals surface area contributed by atoms with Crippen molar-refractivity contribution in [3.63, 3.8) is 0 Å². The topological polar surface area (TPSA) is 77.8 Å². The zero-order chi connectivity index (χ0) is 33.0. The van der Waals surface area contributed by atoms with Crippen LogP contribution in [0.25, 0.3) is 101 Å². The molecule has 0 amide bonds. The van der Waals surface area contributed by atoms with Crippen LogP contribution in [-0.4, -0.2) is 19.9 Å². The van der Waals surface area contributed by atoms with E-state index in [2.05, 4.69) is 48.5 Å². The van der Waals surface area contributed by atoms with Gasteiger partial charge in [-0.1, -0.05) is 121 Å². The first kappa shape index (κ1) is 28.1. The number of oxazole rings is 1. The minimum Gasteiger partial charge on any atom is -0.456 e. The van der Waals surface area contributed by atoms with Gasteiger partial charge in [0.15, 0.2) is 23.1 Å². The number of nitrogens with zero attached hydrogens (tertiary/aromatic N) is 4. The third-order valence-electron chi connectivity index (χ3n) is 9.17. The lowest BCUT2D eigenvalue weighted by molar-refractivity contribution is 0.622. The summed E-state index contributed by atoms with van der Waals surface area (Å²) in [6.45, 7) is 0. The molecule has 0 atom stereocenters. The van der Waals surface area contributed by atoms with E-state index in [9.17, 15) is 0 Å². The number of hydrogen-bond acceptors (Lipinski definition) is 6. The molecule has 0 N–H and O–H groups in total. The lowest BCUT2D eigenvalue weighted by Gasteiger charge is -2.12. The van der Waals surface area contributed by atoms with E-state index in [1.807, 2.05) is 109 Å². The highest BCUT2D eigenvalue weighted by atomic mass is 16.4. The molecule has 50 heavy (non-hydrogen) atoms. The van der Waals surface area contributed by atoms with Gasteiger partial charge in [0.1, 0.15) is 16.7 Å². The molecule has 234 valence electrons. The summed E-state index contributed by atoms with van der Waals surface area (Å²) in [7, 11) is 0. The van der Waals surface area contributed by atoms with Crippen molar-refractivity contribution in [2.24, 2.45) is 0 Å². The molecule has 0 saturated carbocycles. The summed E-state index contributed by atoms with van der Waals surface area (Å²) in [6, 6.07) is 53.0. The number of rotatable bonds is 5. The Bertz CT molecular complexity index is 2860. The lowest BCUT2D eigenvalue weighted by Crippen LogP contribution is -2.01. The minimum absolute atomic E-state index is 0.574. The number of aromatic nitrogens is 4. The average Bonchev–Trinajstić information content (AvgIpc) is 3.81. The van der Waals surface area contributed by atoms with Gasteiger partial charge in [-0.25, -0.2) is 19.9 Å². The minimum atomic E-state index is 0.574. The van der Waals surface area contributed by atoms with Crippen LogP contribution < -0.4 is 0 Å². The summed E-state index contributed by atoms with van der Waals surface area (Å²) in [5.41, 5.74) is 8.79. The van der Waals surface area contributed by atoms with Crippen molar-refractivity contribution in [2.45, 2.75) is 0 Å². The predicted octanol–water partition coefficient (Wildman–Crippen LogP) is 11.4. The number of hydrogen-bond donors (Lipinski definition) is 0. The summed E-state index contributed by atoms with van der Waals surface area (Å²) < 4.78 is 12.9. The van der Waals surface area contributed by atoms with Gasteiger partial charge in [-0.15, -0.1) is 0 Å². The second-order valence-electron chi connectivity index (χ2n) is 12.2. The fourth-order valence-electron chi connectivity index (χ4n) is 6.79. The van der Waals surface area contributed by atoms with Gasteiger partial charge in [0.05, 0.1) is 5.39 Å². The second kappa shape index (κ2) is 11.4. The molecule has 7 aromatic carbocycles. The zero-order valence-electron chi connectivity index (χ0n) is 26.6. The monoisotopic (exact) mass is 642 g/mol. The lowest BCUT2D eigenvalue weighted by atomic mass is 9.99. The van der Waals surface area contributed by atoms with Crippen LogP contribution >= 0.6 is 0 Å². The van der Waals surface area contributed by atoms with E-state index in [1.54, 1.807) is 0 Å². The van der Waals surface area contributed by atoms with Crippen molar-refractivity contribution in [3.05, 3.63) is 158 Å². The molecule has 0 unspecified atom stereocenters. The third-order valence-corrected chi connectivity index (χ3v) is 9.17. The third kappa shape index (κ3) is 4.65. The molecular weight excluding hydrogens is 617 g/mol. The first-order valence-corrected chi connectivity index (χ1v) is 16.5. The van der Waals surface area contributed by atoms with Crippen molar-refractivity contribution in [3.8, 4) is 56.7 Å². The Morgan fingerprint density at radius 1 is 0.380 bits per heavy atom. The molecule has 6 nitrogen and oxygen atoms in total. The van der Waals surface area contributed by atoms with Crippen LogP contribution in [0.1, 0.15) is 0 Å². The van der Waals surface area contributed by atoms with Gasteiger partial charge >= 0.3 is 0 Å². The molecule has 0 bridgehead atoms. The van der Waals surface area contributed by atoms with Gasteiger partial charge < -0.3 is 8.83 Å². The quantitative estimate of drug-likeness (QED) is 0.186. The fourth-order valence-corrected chi connectivity index (χ4v) is 6.79. The molecule has 6 heteroatoms. The summed E-state index contributed by atoms with van der Waals surface area (Å²) in [5.74, 6) is 2.37. The molecule has 0 fully saturated rings. The van der Waals surface area contributed by atoms with E-state index in [4.69, 9.17) is 28.8 Å². The first-order chi connectivity index (χ1) is 24.8. The Morgan fingerprint density at radius 3 is 1.72 bits per heavy atom. The van der Waals surface area contributed by atoms with Crippen LogP contribution in [-0.2, 0) is 0 Å². The zero-order valence-corrected chi connectivity index (χ0v) is 26.6. The Labute approximate surface area is 286 Å². The Balaban J connectivity index is 1.21. The van der Waals surface area contributed by atoms with Gasteiger partial charge in [-0.05, 0) is 58.3 Å². The first-order valence-electron chi connectivity index (χ1n) is 16.5. The molecule has 10 aromatic rings. The molecule has 3 heterocycles. The molecule has 0 saturated heterocycles. The van der Waals surface area contributed by atoms with Crippen molar-refractivity contribution in [1.82, 2.24) is 19.9 Å². The standard InChI is InChI=1S/C44H26N4O2/c1-4-12-27(13-5-1)32-18-10-11-19-33(32)43-47-41(29-14-6-2-7-15-29)46-42(48-43)31-21-20-28-22-24-36-38(34(28)26-31)39-37(49-36)25-23-35-40(39)50-44(45-35)30-16-8-3-9-17-30/h1-26H. The van der Waals surface area contributed by atoms with E-state index in [0.29, 0.717) is 28.9 Å². The van der Waals surface area contributed by atoms with Gasteiger partial charge in [0.25, 0.3) is 0 Å². The largest absolute Gasteiger partial charge is 0.456 e. The second-order valence-corrected chi connectivity index (χ2v) is 12.2. The number of fused-ring (bicyclic) bond motifs is 7. The highest BCUT2D eigenvalue weighted by molar-refractivity contribution is 6.25. The van der Waals surface area contributed by atoms with Crippen molar-refractivity contribution in [1.29, 1.82) is 0 Å².